The first kappa shape index (κ1) is 16.0. The molecule has 0 fully saturated rings. The molecule has 2 aromatic carbocycles. The van der Waals surface area contributed by atoms with Crippen LogP contribution in [-0.4, -0.2) is 16.3 Å². The number of fused-ring (bicyclic) bond motifs is 1. The van der Waals surface area contributed by atoms with Gasteiger partial charge in [-0.1, -0.05) is 43.3 Å². The first-order valence-electron chi connectivity index (χ1n) is 8.02. The molecule has 0 atom stereocenters. The maximum atomic E-state index is 12.8. The van der Waals surface area contributed by atoms with Crippen LogP contribution < -0.4 is 5.32 Å². The molecule has 0 aliphatic carbocycles. The first-order valence-corrected chi connectivity index (χ1v) is 8.02. The normalized spacial score (nSPS) is 10.8. The third-order valence-corrected chi connectivity index (χ3v) is 4.48. The number of carbonyl (C=O) groups excluding carboxylic acids is 2. The predicted octanol–water partition coefficient (Wildman–Crippen LogP) is 3.87. The number of aromatic nitrogens is 1. The van der Waals surface area contributed by atoms with Gasteiger partial charge in [0, 0.05) is 29.3 Å². The van der Waals surface area contributed by atoms with Crippen molar-refractivity contribution in [2.75, 3.05) is 5.32 Å². The van der Waals surface area contributed by atoms with Gasteiger partial charge in [0.05, 0.1) is 5.56 Å². The van der Waals surface area contributed by atoms with Gasteiger partial charge in [0.1, 0.15) is 0 Å². The molecule has 24 heavy (non-hydrogen) atoms. The molecule has 4 nitrogen and oxygen atoms in total. The largest absolute Gasteiger partial charge is 0.347 e. The Labute approximate surface area is 141 Å². The summed E-state index contributed by atoms with van der Waals surface area (Å²) in [6.07, 6.45) is 0.790. The van der Waals surface area contributed by atoms with E-state index in [1.807, 2.05) is 74.0 Å². The van der Waals surface area contributed by atoms with Crippen molar-refractivity contribution in [2.45, 2.75) is 20.3 Å². The number of hydrogen-bond acceptors (Lipinski definition) is 2. The molecule has 0 unspecified atom stereocenters. The number of anilines is 1. The number of nitrogens with zero attached hydrogens (tertiary/aromatic N) is 1. The van der Waals surface area contributed by atoms with Crippen LogP contribution >= 0.6 is 0 Å². The first-order chi connectivity index (χ1) is 11.5. The Morgan fingerprint density at radius 2 is 1.71 bits per heavy atom. The van der Waals surface area contributed by atoms with Crippen molar-refractivity contribution in [3.8, 4) is 0 Å². The molecule has 0 bridgehead atoms. The molecule has 3 aromatic rings. The highest BCUT2D eigenvalue weighted by atomic mass is 16.2. The van der Waals surface area contributed by atoms with Crippen LogP contribution in [0.1, 0.15) is 28.5 Å². The zero-order valence-corrected chi connectivity index (χ0v) is 14.1. The van der Waals surface area contributed by atoms with Gasteiger partial charge in [-0.3, -0.25) is 9.59 Å². The summed E-state index contributed by atoms with van der Waals surface area (Å²) < 4.78 is 1.94. The summed E-state index contributed by atoms with van der Waals surface area (Å²) in [7, 11) is 1.90. The Balaban J connectivity index is 1.98. The average Bonchev–Trinajstić information content (AvgIpc) is 2.86. The van der Waals surface area contributed by atoms with Crippen LogP contribution in [0.25, 0.3) is 10.9 Å². The molecule has 0 aliphatic rings. The predicted molar refractivity (Wildman–Crippen MR) is 96.4 cm³/mol. The monoisotopic (exact) mass is 320 g/mol. The number of aryl methyl sites for hydroxylation is 2. The van der Waals surface area contributed by atoms with E-state index in [-0.39, 0.29) is 0 Å². The molecule has 1 amide bonds. The zero-order chi connectivity index (χ0) is 17.3. The van der Waals surface area contributed by atoms with E-state index in [4.69, 9.17) is 0 Å². The highest BCUT2D eigenvalue weighted by Crippen LogP contribution is 2.25. The number of benzene rings is 2. The number of Topliss-reactive ketones (excluding diaryl/α,β-unsaturated/α-hetero) is 1. The summed E-state index contributed by atoms with van der Waals surface area (Å²) in [5.41, 5.74) is 3.91. The van der Waals surface area contributed by atoms with Crippen LogP contribution in [0.5, 0.6) is 0 Å². The van der Waals surface area contributed by atoms with Gasteiger partial charge >= 0.3 is 0 Å². The molecule has 1 aromatic heterocycles. The summed E-state index contributed by atoms with van der Waals surface area (Å²) in [5, 5.41) is 3.57. The van der Waals surface area contributed by atoms with E-state index in [0.29, 0.717) is 11.3 Å². The van der Waals surface area contributed by atoms with Gasteiger partial charge in [-0.15, -0.1) is 0 Å². The van der Waals surface area contributed by atoms with Crippen molar-refractivity contribution < 1.29 is 9.59 Å². The molecule has 0 saturated carbocycles. The van der Waals surface area contributed by atoms with E-state index >= 15 is 0 Å². The van der Waals surface area contributed by atoms with Gasteiger partial charge in [0.25, 0.3) is 11.7 Å². The minimum atomic E-state index is -0.602. The molecule has 0 spiro atoms. The van der Waals surface area contributed by atoms with Crippen LogP contribution in [0, 0.1) is 6.92 Å². The zero-order valence-electron chi connectivity index (χ0n) is 14.1. The molecule has 0 aliphatic heterocycles. The topological polar surface area (TPSA) is 51.1 Å². The van der Waals surface area contributed by atoms with Gasteiger partial charge in [0.15, 0.2) is 0 Å². The van der Waals surface area contributed by atoms with Crippen molar-refractivity contribution in [2.24, 2.45) is 7.05 Å². The SMILES string of the molecule is CCc1ccccc1NC(=O)C(=O)c1c(C)n(C)c2ccccc12. The molecule has 3 rings (SSSR count). The van der Waals surface area contributed by atoms with Gasteiger partial charge in [-0.05, 0) is 31.0 Å². The van der Waals surface area contributed by atoms with E-state index in [0.717, 1.165) is 28.6 Å². The third kappa shape index (κ3) is 2.60. The van der Waals surface area contributed by atoms with E-state index in [2.05, 4.69) is 5.32 Å². The van der Waals surface area contributed by atoms with Gasteiger partial charge in [0.2, 0.25) is 0 Å². The lowest BCUT2D eigenvalue weighted by atomic mass is 10.1. The second kappa shape index (κ2) is 6.32. The van der Waals surface area contributed by atoms with Gasteiger partial charge in [-0.2, -0.15) is 0 Å². The lowest BCUT2D eigenvalue weighted by Crippen LogP contribution is -2.24. The maximum absolute atomic E-state index is 12.8. The highest BCUT2D eigenvalue weighted by Gasteiger charge is 2.24. The van der Waals surface area contributed by atoms with Crippen molar-refractivity contribution >= 4 is 28.3 Å². The number of carbonyl (C=O) groups is 2. The van der Waals surface area contributed by atoms with Crippen molar-refractivity contribution in [3.63, 3.8) is 0 Å². The number of rotatable bonds is 4. The summed E-state index contributed by atoms with van der Waals surface area (Å²) in [4.78, 5) is 25.3. The average molecular weight is 320 g/mol. The summed E-state index contributed by atoms with van der Waals surface area (Å²) in [6.45, 7) is 3.88. The fourth-order valence-corrected chi connectivity index (χ4v) is 3.05. The van der Waals surface area contributed by atoms with Crippen LogP contribution in [0.2, 0.25) is 0 Å². The number of para-hydroxylation sites is 2. The number of ketones is 1. The van der Waals surface area contributed by atoms with E-state index in [1.54, 1.807) is 0 Å². The van der Waals surface area contributed by atoms with E-state index in [9.17, 15) is 9.59 Å². The molecule has 0 radical (unpaired) electrons. The quantitative estimate of drug-likeness (QED) is 0.586. The third-order valence-electron chi connectivity index (χ3n) is 4.48. The van der Waals surface area contributed by atoms with Crippen LogP contribution in [0.15, 0.2) is 48.5 Å². The Hall–Kier alpha value is -2.88. The fraction of sp³-hybridized carbons (Fsp3) is 0.200. The second-order valence-electron chi connectivity index (χ2n) is 5.83. The molecule has 1 N–H and O–H groups in total. The fourth-order valence-electron chi connectivity index (χ4n) is 3.05. The number of amides is 1. The second-order valence-corrected chi connectivity index (χ2v) is 5.83. The van der Waals surface area contributed by atoms with Crippen LogP contribution in [-0.2, 0) is 18.3 Å². The van der Waals surface area contributed by atoms with Gasteiger partial charge < -0.3 is 9.88 Å². The Bertz CT molecular complexity index is 938. The van der Waals surface area contributed by atoms with E-state index < -0.39 is 11.7 Å². The molecule has 1 heterocycles. The molecule has 0 saturated heterocycles. The van der Waals surface area contributed by atoms with E-state index in [1.165, 1.54) is 0 Å². The Kier molecular flexibility index (Phi) is 4.21. The minimum absolute atomic E-state index is 0.472. The minimum Gasteiger partial charge on any atom is -0.347 e. The van der Waals surface area contributed by atoms with Crippen LogP contribution in [0.3, 0.4) is 0 Å². The number of nitrogens with one attached hydrogen (secondary N) is 1. The Morgan fingerprint density at radius 3 is 2.46 bits per heavy atom. The molecular formula is C20H20N2O2. The standard InChI is InChI=1S/C20H20N2O2/c1-4-14-9-5-7-11-16(14)21-20(24)19(23)18-13(2)22(3)17-12-8-6-10-15(17)18/h5-12H,4H2,1-3H3,(H,21,24). The summed E-state index contributed by atoms with van der Waals surface area (Å²) >= 11 is 0. The van der Waals surface area contributed by atoms with Gasteiger partial charge in [-0.25, -0.2) is 0 Å². The Morgan fingerprint density at radius 1 is 1.04 bits per heavy atom. The molecular weight excluding hydrogens is 300 g/mol. The summed E-state index contributed by atoms with van der Waals surface area (Å²) in [5.74, 6) is -1.11. The smallest absolute Gasteiger partial charge is 0.296 e. The lowest BCUT2D eigenvalue weighted by Gasteiger charge is -2.09. The molecule has 122 valence electrons. The van der Waals surface area contributed by atoms with Crippen molar-refractivity contribution in [1.29, 1.82) is 0 Å². The van der Waals surface area contributed by atoms with Crippen LogP contribution in [0.4, 0.5) is 5.69 Å². The van der Waals surface area contributed by atoms with Crippen molar-refractivity contribution in [1.82, 2.24) is 4.57 Å². The highest BCUT2D eigenvalue weighted by molar-refractivity contribution is 6.48. The lowest BCUT2D eigenvalue weighted by molar-refractivity contribution is -0.112. The molecule has 4 heteroatoms. The van der Waals surface area contributed by atoms with Crippen molar-refractivity contribution in [3.05, 3.63) is 65.4 Å². The number of hydrogen-bond donors (Lipinski definition) is 1. The maximum Gasteiger partial charge on any atom is 0.296 e. The summed E-state index contributed by atoms with van der Waals surface area (Å²) in [6, 6.07) is 15.2.